The van der Waals surface area contributed by atoms with E-state index in [4.69, 9.17) is 23.8 Å². The lowest BCUT2D eigenvalue weighted by Crippen LogP contribution is -1.77. The molecule has 48 valence electrons. The number of aromatic amines is 1. The van der Waals surface area contributed by atoms with Crippen LogP contribution in [0.5, 0.6) is 0 Å². The summed E-state index contributed by atoms with van der Waals surface area (Å²) in [7, 11) is 0. The summed E-state index contributed by atoms with van der Waals surface area (Å²) in [6, 6.07) is 0. The van der Waals surface area contributed by atoms with E-state index in [1.165, 1.54) is 0 Å². The molecular weight excluding hydrogens is 154 g/mol. The lowest BCUT2D eigenvalue weighted by molar-refractivity contribution is 1.26. The molecule has 0 aromatic carbocycles. The van der Waals surface area contributed by atoms with Gasteiger partial charge in [0.1, 0.15) is 0 Å². The molecule has 1 heterocycles. The molecule has 3 heteroatoms. The maximum Gasteiger partial charge on any atom is 0.0749 e. The highest BCUT2D eigenvalue weighted by Gasteiger charge is 1.90. The van der Waals surface area contributed by atoms with Gasteiger partial charge in [0, 0.05) is 12.4 Å². The van der Waals surface area contributed by atoms with E-state index in [0.717, 1.165) is 10.1 Å². The lowest BCUT2D eigenvalue weighted by atomic mass is 10.3. The fourth-order valence-electron chi connectivity index (χ4n) is 0.559. The molecule has 0 saturated heterocycles. The molecule has 0 atom stereocenters. The van der Waals surface area contributed by atoms with Crippen molar-refractivity contribution >= 4 is 23.8 Å². The smallest absolute Gasteiger partial charge is 0.0749 e. The van der Waals surface area contributed by atoms with Gasteiger partial charge in [-0.3, -0.25) is 0 Å². The van der Waals surface area contributed by atoms with Crippen LogP contribution in [0.25, 0.3) is 0 Å². The van der Waals surface area contributed by atoms with Crippen LogP contribution in [-0.4, -0.2) is 4.98 Å². The van der Waals surface area contributed by atoms with Crippen molar-refractivity contribution in [2.75, 3.05) is 0 Å². The lowest BCUT2D eigenvalue weighted by Gasteiger charge is -1.91. The summed E-state index contributed by atoms with van der Waals surface area (Å²) in [6.07, 6.45) is 3.51. The number of halogens is 1. The van der Waals surface area contributed by atoms with Crippen LogP contribution in [-0.2, 0) is 0 Å². The summed E-state index contributed by atoms with van der Waals surface area (Å²) in [6.45, 7) is 1.92. The fraction of sp³-hybridized carbons (Fsp3) is 0.167. The largest absolute Gasteiger partial charge is 0.366 e. The van der Waals surface area contributed by atoms with Crippen molar-refractivity contribution < 1.29 is 0 Å². The normalized spacial score (nSPS) is 9.56. The average molecular weight is 160 g/mol. The van der Waals surface area contributed by atoms with Crippen LogP contribution in [0.2, 0.25) is 5.02 Å². The molecule has 0 saturated carbocycles. The van der Waals surface area contributed by atoms with Crippen molar-refractivity contribution in [2.24, 2.45) is 0 Å². The number of rotatable bonds is 0. The van der Waals surface area contributed by atoms with Crippen LogP contribution in [0, 0.1) is 11.4 Å². The third-order valence-electron chi connectivity index (χ3n) is 1.08. The summed E-state index contributed by atoms with van der Waals surface area (Å²) >= 11 is 10.6. The van der Waals surface area contributed by atoms with Gasteiger partial charge < -0.3 is 4.98 Å². The Labute approximate surface area is 63.7 Å². The van der Waals surface area contributed by atoms with Crippen LogP contribution in [0.3, 0.4) is 0 Å². The Kier molecular flexibility index (Phi) is 1.88. The van der Waals surface area contributed by atoms with Crippen molar-refractivity contribution in [3.8, 4) is 0 Å². The highest BCUT2D eigenvalue weighted by molar-refractivity contribution is 7.71. The van der Waals surface area contributed by atoms with Gasteiger partial charge in [-0.2, -0.15) is 0 Å². The van der Waals surface area contributed by atoms with E-state index in [-0.39, 0.29) is 0 Å². The molecule has 0 spiro atoms. The molecular formula is C6H6ClNS. The Morgan fingerprint density at radius 3 is 2.67 bits per heavy atom. The Hall–Kier alpha value is -0.340. The molecule has 0 aliphatic heterocycles. The molecule has 0 unspecified atom stereocenters. The first kappa shape index (κ1) is 6.78. The summed E-state index contributed by atoms with van der Waals surface area (Å²) in [5.41, 5.74) is 1.01. The van der Waals surface area contributed by atoms with Gasteiger partial charge >= 0.3 is 0 Å². The van der Waals surface area contributed by atoms with E-state index in [2.05, 4.69) is 4.98 Å². The third-order valence-corrected chi connectivity index (χ3v) is 2.04. The zero-order valence-electron chi connectivity index (χ0n) is 4.94. The Morgan fingerprint density at radius 1 is 1.56 bits per heavy atom. The first-order valence-corrected chi connectivity index (χ1v) is 3.33. The quantitative estimate of drug-likeness (QED) is 0.576. The van der Waals surface area contributed by atoms with Crippen LogP contribution >= 0.6 is 23.8 Å². The maximum absolute atomic E-state index is 5.68. The van der Waals surface area contributed by atoms with Crippen LogP contribution in [0.1, 0.15) is 5.56 Å². The van der Waals surface area contributed by atoms with Gasteiger partial charge in [0.25, 0.3) is 0 Å². The van der Waals surface area contributed by atoms with Crippen LogP contribution < -0.4 is 0 Å². The van der Waals surface area contributed by atoms with E-state index in [0.29, 0.717) is 5.02 Å². The Morgan fingerprint density at radius 2 is 2.22 bits per heavy atom. The molecule has 0 amide bonds. The highest BCUT2D eigenvalue weighted by Crippen LogP contribution is 2.10. The molecule has 1 aromatic rings. The van der Waals surface area contributed by atoms with Crippen molar-refractivity contribution in [1.82, 2.24) is 4.98 Å². The van der Waals surface area contributed by atoms with E-state index in [1.807, 2.05) is 13.1 Å². The first-order chi connectivity index (χ1) is 4.22. The maximum atomic E-state index is 5.68. The number of nitrogens with one attached hydrogen (secondary N) is 1. The van der Waals surface area contributed by atoms with E-state index in [9.17, 15) is 0 Å². The molecule has 0 radical (unpaired) electrons. The predicted molar refractivity (Wildman–Crippen MR) is 41.4 cm³/mol. The second-order valence-corrected chi connectivity index (χ2v) is 2.63. The molecule has 0 aliphatic carbocycles. The minimum atomic E-state index is 0.616. The highest BCUT2D eigenvalue weighted by atomic mass is 35.5. The summed E-state index contributed by atoms with van der Waals surface area (Å²) in [4.78, 5) is 2.87. The summed E-state index contributed by atoms with van der Waals surface area (Å²) in [5, 5.41) is 0.616. The van der Waals surface area contributed by atoms with Gasteiger partial charge in [0.15, 0.2) is 0 Å². The molecule has 9 heavy (non-hydrogen) atoms. The Balaban J connectivity index is 3.43. The number of H-pyrrole nitrogens is 1. The van der Waals surface area contributed by atoms with Crippen LogP contribution in [0.15, 0.2) is 12.4 Å². The standard InChI is InChI=1S/C6H6ClNS/c1-4-2-8-3-5(7)6(4)9/h2-3H,1H3,(H,8,9). The molecule has 1 rings (SSSR count). The fourth-order valence-corrected chi connectivity index (χ4v) is 0.889. The van der Waals surface area contributed by atoms with Crippen molar-refractivity contribution in [3.05, 3.63) is 27.5 Å². The summed E-state index contributed by atoms with van der Waals surface area (Å²) in [5.74, 6) is 0. The number of aryl methyl sites for hydroxylation is 1. The predicted octanol–water partition coefficient (Wildman–Crippen LogP) is 2.71. The second-order valence-electron chi connectivity index (χ2n) is 1.82. The molecule has 0 fully saturated rings. The SMILES string of the molecule is Cc1c[nH]cc(Cl)c1=S. The van der Waals surface area contributed by atoms with E-state index >= 15 is 0 Å². The average Bonchev–Trinajstić information content (AvgIpc) is 1.83. The second kappa shape index (κ2) is 2.50. The zero-order valence-corrected chi connectivity index (χ0v) is 6.51. The number of pyridine rings is 1. The molecule has 1 aromatic heterocycles. The van der Waals surface area contributed by atoms with E-state index in [1.54, 1.807) is 6.20 Å². The molecule has 1 N–H and O–H groups in total. The van der Waals surface area contributed by atoms with Gasteiger partial charge in [-0.05, 0) is 12.5 Å². The number of hydrogen-bond acceptors (Lipinski definition) is 1. The number of hydrogen-bond donors (Lipinski definition) is 1. The molecule has 0 aliphatic rings. The monoisotopic (exact) mass is 159 g/mol. The van der Waals surface area contributed by atoms with Crippen molar-refractivity contribution in [2.45, 2.75) is 6.92 Å². The van der Waals surface area contributed by atoms with Gasteiger partial charge in [0.05, 0.1) is 9.53 Å². The topological polar surface area (TPSA) is 15.8 Å². The molecule has 0 bridgehead atoms. The van der Waals surface area contributed by atoms with Gasteiger partial charge in [-0.15, -0.1) is 0 Å². The Bertz CT molecular complexity index is 243. The first-order valence-electron chi connectivity index (χ1n) is 2.55. The summed E-state index contributed by atoms with van der Waals surface area (Å²) < 4.78 is 0.732. The van der Waals surface area contributed by atoms with Gasteiger partial charge in [-0.25, -0.2) is 0 Å². The third kappa shape index (κ3) is 1.32. The van der Waals surface area contributed by atoms with Crippen molar-refractivity contribution in [1.29, 1.82) is 0 Å². The van der Waals surface area contributed by atoms with Crippen molar-refractivity contribution in [3.63, 3.8) is 0 Å². The molecule has 1 nitrogen and oxygen atoms in total. The minimum absolute atomic E-state index is 0.616. The number of aromatic nitrogens is 1. The zero-order chi connectivity index (χ0) is 6.85. The van der Waals surface area contributed by atoms with Gasteiger partial charge in [-0.1, -0.05) is 23.8 Å². The van der Waals surface area contributed by atoms with Crippen LogP contribution in [0.4, 0.5) is 0 Å². The minimum Gasteiger partial charge on any atom is -0.366 e. The van der Waals surface area contributed by atoms with E-state index < -0.39 is 0 Å². The van der Waals surface area contributed by atoms with Gasteiger partial charge in [0.2, 0.25) is 0 Å².